The number of benzene rings is 1. The lowest BCUT2D eigenvalue weighted by Crippen LogP contribution is -2.24. The van der Waals surface area contributed by atoms with Crippen LogP contribution in [0.5, 0.6) is 5.75 Å². The maximum absolute atomic E-state index is 12.4. The van der Waals surface area contributed by atoms with E-state index in [1.165, 1.54) is 10.4 Å². The van der Waals surface area contributed by atoms with Gasteiger partial charge in [-0.15, -0.1) is 11.3 Å². The van der Waals surface area contributed by atoms with Crippen LogP contribution in [0.1, 0.15) is 34.6 Å². The number of amides is 1. The highest BCUT2D eigenvalue weighted by atomic mass is 79.9. The van der Waals surface area contributed by atoms with Crippen molar-refractivity contribution in [1.82, 2.24) is 5.32 Å². The number of carbonyl (C=O) groups excluding carboxylic acids is 1. The van der Waals surface area contributed by atoms with Crippen LogP contribution < -0.4 is 10.1 Å². The molecule has 0 aliphatic heterocycles. The Morgan fingerprint density at radius 2 is 2.14 bits per heavy atom. The highest BCUT2D eigenvalue weighted by Gasteiger charge is 2.14. The van der Waals surface area contributed by atoms with Gasteiger partial charge in [-0.1, -0.05) is 15.9 Å². The summed E-state index contributed by atoms with van der Waals surface area (Å²) in [4.78, 5) is 13.5. The van der Waals surface area contributed by atoms with Gasteiger partial charge in [-0.25, -0.2) is 0 Å². The Morgan fingerprint density at radius 3 is 2.76 bits per heavy atom. The minimum Gasteiger partial charge on any atom is -0.490 e. The van der Waals surface area contributed by atoms with Crippen molar-refractivity contribution < 1.29 is 9.53 Å². The van der Waals surface area contributed by atoms with E-state index in [9.17, 15) is 4.79 Å². The van der Waals surface area contributed by atoms with Gasteiger partial charge in [0.25, 0.3) is 5.91 Å². The Morgan fingerprint density at radius 1 is 1.38 bits per heavy atom. The summed E-state index contributed by atoms with van der Waals surface area (Å²) in [6.45, 7) is 6.47. The van der Waals surface area contributed by atoms with Crippen molar-refractivity contribution >= 4 is 33.2 Å². The lowest BCUT2D eigenvalue weighted by Gasteiger charge is -2.14. The SMILES string of the molecule is Cc1ccsc1CNC(=O)c1ccc(Br)cc1OC(C)C. The summed E-state index contributed by atoms with van der Waals surface area (Å²) in [7, 11) is 0. The number of aryl methyl sites for hydroxylation is 1. The van der Waals surface area contributed by atoms with Gasteiger partial charge in [-0.3, -0.25) is 4.79 Å². The predicted molar refractivity (Wildman–Crippen MR) is 90.1 cm³/mol. The van der Waals surface area contributed by atoms with Crippen LogP contribution in [0.2, 0.25) is 0 Å². The van der Waals surface area contributed by atoms with Crippen LogP contribution in [0.4, 0.5) is 0 Å². The van der Waals surface area contributed by atoms with Crippen molar-refractivity contribution in [2.45, 2.75) is 33.4 Å². The molecule has 0 aliphatic carbocycles. The first-order valence-corrected chi connectivity index (χ1v) is 8.42. The van der Waals surface area contributed by atoms with E-state index >= 15 is 0 Å². The number of halogens is 1. The van der Waals surface area contributed by atoms with E-state index in [1.54, 1.807) is 17.4 Å². The monoisotopic (exact) mass is 367 g/mol. The fraction of sp³-hybridized carbons (Fsp3) is 0.312. The molecular weight excluding hydrogens is 350 g/mol. The number of thiophene rings is 1. The second-order valence-corrected chi connectivity index (χ2v) is 6.93. The van der Waals surface area contributed by atoms with Crippen LogP contribution in [0.3, 0.4) is 0 Å². The van der Waals surface area contributed by atoms with Gasteiger partial charge in [0.15, 0.2) is 0 Å². The topological polar surface area (TPSA) is 38.3 Å². The van der Waals surface area contributed by atoms with E-state index in [0.717, 1.165) is 4.47 Å². The smallest absolute Gasteiger partial charge is 0.255 e. The summed E-state index contributed by atoms with van der Waals surface area (Å²) < 4.78 is 6.61. The normalized spacial score (nSPS) is 10.7. The Bertz CT molecular complexity index is 637. The standard InChI is InChI=1S/C16H18BrNO2S/c1-10(2)20-14-8-12(17)4-5-13(14)16(19)18-9-15-11(3)6-7-21-15/h4-8,10H,9H2,1-3H3,(H,18,19). The predicted octanol–water partition coefficient (Wildman–Crippen LogP) is 4.54. The molecule has 0 spiro atoms. The van der Waals surface area contributed by atoms with Gasteiger partial charge in [0.05, 0.1) is 18.2 Å². The summed E-state index contributed by atoms with van der Waals surface area (Å²) in [5, 5.41) is 4.98. The van der Waals surface area contributed by atoms with Crippen LogP contribution in [-0.4, -0.2) is 12.0 Å². The van der Waals surface area contributed by atoms with Gasteiger partial charge in [0, 0.05) is 9.35 Å². The Labute approximate surface area is 137 Å². The zero-order chi connectivity index (χ0) is 15.4. The van der Waals surface area contributed by atoms with E-state index in [4.69, 9.17) is 4.74 Å². The zero-order valence-corrected chi connectivity index (χ0v) is 14.7. The summed E-state index contributed by atoms with van der Waals surface area (Å²) in [5.74, 6) is 0.478. The van der Waals surface area contributed by atoms with Gasteiger partial charge in [0.2, 0.25) is 0 Å². The molecule has 112 valence electrons. The molecule has 5 heteroatoms. The van der Waals surface area contributed by atoms with Gasteiger partial charge in [-0.05, 0) is 56.0 Å². The Kier molecular flexibility index (Phi) is 5.42. The van der Waals surface area contributed by atoms with Crippen LogP contribution in [0.15, 0.2) is 34.1 Å². The lowest BCUT2D eigenvalue weighted by molar-refractivity contribution is 0.0945. The molecule has 0 bridgehead atoms. The molecule has 0 atom stereocenters. The first-order chi connectivity index (χ1) is 9.97. The third kappa shape index (κ3) is 4.32. The Balaban J connectivity index is 2.13. The molecule has 0 radical (unpaired) electrons. The van der Waals surface area contributed by atoms with Crippen LogP contribution in [0, 0.1) is 6.92 Å². The minimum atomic E-state index is -0.119. The van der Waals surface area contributed by atoms with Crippen LogP contribution in [-0.2, 0) is 6.54 Å². The molecule has 1 amide bonds. The fourth-order valence-corrected chi connectivity index (χ4v) is 3.06. The molecular formula is C16H18BrNO2S. The minimum absolute atomic E-state index is 0.0189. The first-order valence-electron chi connectivity index (χ1n) is 6.74. The molecule has 0 unspecified atom stereocenters. The number of ether oxygens (including phenoxy) is 1. The highest BCUT2D eigenvalue weighted by molar-refractivity contribution is 9.10. The molecule has 0 saturated heterocycles. The van der Waals surface area contributed by atoms with Gasteiger partial charge in [0.1, 0.15) is 5.75 Å². The molecule has 2 rings (SSSR count). The van der Waals surface area contributed by atoms with Crippen LogP contribution in [0.25, 0.3) is 0 Å². The average molecular weight is 368 g/mol. The molecule has 3 nitrogen and oxygen atoms in total. The third-order valence-corrected chi connectivity index (χ3v) is 4.44. The maximum atomic E-state index is 12.4. The average Bonchev–Trinajstić information content (AvgIpc) is 2.81. The quantitative estimate of drug-likeness (QED) is 0.842. The van der Waals surface area contributed by atoms with E-state index in [2.05, 4.69) is 27.3 Å². The highest BCUT2D eigenvalue weighted by Crippen LogP contribution is 2.25. The van der Waals surface area contributed by atoms with E-state index < -0.39 is 0 Å². The molecule has 1 aromatic carbocycles. The van der Waals surface area contributed by atoms with Gasteiger partial charge >= 0.3 is 0 Å². The van der Waals surface area contributed by atoms with E-state index in [0.29, 0.717) is 17.9 Å². The zero-order valence-electron chi connectivity index (χ0n) is 12.3. The van der Waals surface area contributed by atoms with Gasteiger partial charge < -0.3 is 10.1 Å². The molecule has 1 aromatic heterocycles. The first kappa shape index (κ1) is 16.0. The van der Waals surface area contributed by atoms with Crippen molar-refractivity contribution in [3.8, 4) is 5.75 Å². The molecule has 1 N–H and O–H groups in total. The van der Waals surface area contributed by atoms with E-state index in [-0.39, 0.29) is 12.0 Å². The molecule has 0 fully saturated rings. The molecule has 0 aliphatic rings. The third-order valence-electron chi connectivity index (χ3n) is 2.93. The number of rotatable bonds is 5. The Hall–Kier alpha value is -1.33. The number of hydrogen-bond acceptors (Lipinski definition) is 3. The molecule has 2 aromatic rings. The molecule has 21 heavy (non-hydrogen) atoms. The summed E-state index contributed by atoms with van der Waals surface area (Å²) in [6, 6.07) is 7.50. The summed E-state index contributed by atoms with van der Waals surface area (Å²) >= 11 is 5.06. The van der Waals surface area contributed by atoms with Crippen molar-refractivity contribution in [3.05, 3.63) is 50.1 Å². The van der Waals surface area contributed by atoms with Crippen molar-refractivity contribution in [2.24, 2.45) is 0 Å². The number of hydrogen-bond donors (Lipinski definition) is 1. The van der Waals surface area contributed by atoms with Crippen molar-refractivity contribution in [2.75, 3.05) is 0 Å². The largest absolute Gasteiger partial charge is 0.490 e. The van der Waals surface area contributed by atoms with Crippen molar-refractivity contribution in [3.63, 3.8) is 0 Å². The lowest BCUT2D eigenvalue weighted by atomic mass is 10.2. The molecule has 0 saturated carbocycles. The summed E-state index contributed by atoms with van der Waals surface area (Å²) in [6.07, 6.45) is 0.0189. The maximum Gasteiger partial charge on any atom is 0.255 e. The second kappa shape index (κ2) is 7.09. The van der Waals surface area contributed by atoms with Gasteiger partial charge in [-0.2, -0.15) is 0 Å². The molecule has 1 heterocycles. The second-order valence-electron chi connectivity index (χ2n) is 5.02. The summed E-state index contributed by atoms with van der Waals surface area (Å²) in [5.41, 5.74) is 1.76. The van der Waals surface area contributed by atoms with E-state index in [1.807, 2.05) is 38.3 Å². The van der Waals surface area contributed by atoms with Crippen LogP contribution >= 0.6 is 27.3 Å². The fourth-order valence-electron chi connectivity index (χ4n) is 1.88. The van der Waals surface area contributed by atoms with Crippen molar-refractivity contribution in [1.29, 1.82) is 0 Å². The number of nitrogens with one attached hydrogen (secondary N) is 1. The number of carbonyl (C=O) groups is 1.